The second-order valence-corrected chi connectivity index (χ2v) is 11.4. The number of carboxylic acids is 1. The van der Waals surface area contributed by atoms with Crippen LogP contribution in [0.15, 0.2) is 48.5 Å². The Kier molecular flexibility index (Phi) is 5.80. The van der Waals surface area contributed by atoms with E-state index in [9.17, 15) is 14.0 Å². The average Bonchev–Trinajstić information content (AvgIpc) is 3.02. The van der Waals surface area contributed by atoms with Gasteiger partial charge in [0.15, 0.2) is 0 Å². The van der Waals surface area contributed by atoms with Crippen molar-refractivity contribution in [1.29, 1.82) is 0 Å². The molecule has 0 atom stereocenters. The van der Waals surface area contributed by atoms with E-state index < -0.39 is 5.97 Å². The second kappa shape index (κ2) is 8.66. The number of carbonyl (C=O) groups is 2. The maximum absolute atomic E-state index is 14.1. The van der Waals surface area contributed by atoms with E-state index in [-0.39, 0.29) is 29.1 Å². The van der Waals surface area contributed by atoms with Crippen molar-refractivity contribution in [3.63, 3.8) is 0 Å². The lowest BCUT2D eigenvalue weighted by atomic mass is 9.50. The highest BCUT2D eigenvalue weighted by molar-refractivity contribution is 7.12. The molecule has 1 amide bonds. The molecule has 6 heteroatoms. The van der Waals surface area contributed by atoms with Crippen LogP contribution in [0.4, 0.5) is 4.39 Å². The Balaban J connectivity index is 1.27. The number of amides is 1. The molecule has 1 aromatic heterocycles. The molecule has 0 aliphatic heterocycles. The van der Waals surface area contributed by atoms with Crippen LogP contribution in [0.3, 0.4) is 0 Å². The molecule has 176 valence electrons. The van der Waals surface area contributed by atoms with Crippen LogP contribution in [-0.4, -0.2) is 23.0 Å². The molecular formula is C28H28FNO3S. The predicted octanol–water partition coefficient (Wildman–Crippen LogP) is 6.14. The fraction of sp³-hybridized carbons (Fsp3) is 0.357. The quantitative estimate of drug-likeness (QED) is 0.448. The van der Waals surface area contributed by atoms with Gasteiger partial charge in [0, 0.05) is 21.4 Å². The standard InChI is InChI=1S/C28H28FNO3S/c1-16-23(11-18-7-9-19(10-8-18)22-5-3-4-6-24(22)29)25(17(2)34-16)26(31)30-21-14-28(15-21)12-20(13-28)27(32)33/h3-10,20-21H,11-15H2,1-2H3,(H,30,31)(H,32,33). The van der Waals surface area contributed by atoms with Crippen molar-refractivity contribution in [3.8, 4) is 11.1 Å². The summed E-state index contributed by atoms with van der Waals surface area (Å²) in [5, 5.41) is 12.3. The van der Waals surface area contributed by atoms with Crippen molar-refractivity contribution >= 4 is 23.2 Å². The lowest BCUT2D eigenvalue weighted by Crippen LogP contribution is -2.57. The van der Waals surface area contributed by atoms with Crippen molar-refractivity contribution in [1.82, 2.24) is 5.32 Å². The Morgan fingerprint density at radius 1 is 1.03 bits per heavy atom. The number of halogens is 1. The highest BCUT2D eigenvalue weighted by Gasteiger charge is 2.55. The van der Waals surface area contributed by atoms with E-state index in [4.69, 9.17) is 5.11 Å². The molecule has 2 aliphatic rings. The Bertz CT molecular complexity index is 1250. The van der Waals surface area contributed by atoms with Gasteiger partial charge in [0.05, 0.1) is 11.5 Å². The summed E-state index contributed by atoms with van der Waals surface area (Å²) in [7, 11) is 0. The molecule has 0 radical (unpaired) electrons. The van der Waals surface area contributed by atoms with Gasteiger partial charge in [-0.3, -0.25) is 9.59 Å². The molecule has 0 bridgehead atoms. The minimum absolute atomic E-state index is 0.0335. The molecule has 2 N–H and O–H groups in total. The molecule has 1 heterocycles. The molecule has 3 aromatic rings. The van der Waals surface area contributed by atoms with Crippen molar-refractivity contribution in [2.24, 2.45) is 11.3 Å². The molecule has 2 fully saturated rings. The first-order valence-corrected chi connectivity index (χ1v) is 12.5. The molecule has 2 aromatic carbocycles. The number of rotatable bonds is 6. The van der Waals surface area contributed by atoms with E-state index in [0.717, 1.165) is 57.7 Å². The van der Waals surface area contributed by atoms with E-state index in [1.54, 1.807) is 23.5 Å². The lowest BCUT2D eigenvalue weighted by molar-refractivity contribution is -0.155. The molecule has 2 saturated carbocycles. The van der Waals surface area contributed by atoms with Gasteiger partial charge in [-0.15, -0.1) is 11.3 Å². The normalized spacial score (nSPS) is 23.3. The highest BCUT2D eigenvalue weighted by Crippen LogP contribution is 2.58. The average molecular weight is 478 g/mol. The van der Waals surface area contributed by atoms with E-state index in [1.807, 2.05) is 37.3 Å². The van der Waals surface area contributed by atoms with Crippen molar-refractivity contribution < 1.29 is 19.1 Å². The van der Waals surface area contributed by atoms with E-state index in [2.05, 4.69) is 12.2 Å². The van der Waals surface area contributed by atoms with Gasteiger partial charge in [-0.2, -0.15) is 0 Å². The summed E-state index contributed by atoms with van der Waals surface area (Å²) >= 11 is 1.64. The van der Waals surface area contributed by atoms with E-state index in [0.29, 0.717) is 12.0 Å². The van der Waals surface area contributed by atoms with Crippen LogP contribution >= 0.6 is 11.3 Å². The van der Waals surface area contributed by atoms with Gasteiger partial charge in [-0.1, -0.05) is 42.5 Å². The van der Waals surface area contributed by atoms with Gasteiger partial charge in [0.1, 0.15) is 5.82 Å². The van der Waals surface area contributed by atoms with Gasteiger partial charge in [-0.25, -0.2) is 4.39 Å². The third-order valence-electron chi connectivity index (χ3n) is 7.53. The summed E-state index contributed by atoms with van der Waals surface area (Å²) in [5.41, 5.74) is 4.42. The molecule has 0 saturated heterocycles. The first kappa shape index (κ1) is 22.8. The summed E-state index contributed by atoms with van der Waals surface area (Å²) in [5.74, 6) is -1.19. The summed E-state index contributed by atoms with van der Waals surface area (Å²) in [4.78, 5) is 26.5. The van der Waals surface area contributed by atoms with Gasteiger partial charge in [0.2, 0.25) is 0 Å². The third-order valence-corrected chi connectivity index (χ3v) is 8.60. The number of nitrogens with one attached hydrogen (secondary N) is 1. The number of thiophene rings is 1. The Morgan fingerprint density at radius 3 is 2.35 bits per heavy atom. The number of carboxylic acid groups (broad SMARTS) is 1. The SMILES string of the molecule is Cc1sc(C)c(C(=O)NC2CC3(C2)CC(C(=O)O)C3)c1Cc1ccc(-c2ccccc2F)cc1. The van der Waals surface area contributed by atoms with Gasteiger partial charge in [0.25, 0.3) is 5.91 Å². The highest BCUT2D eigenvalue weighted by atomic mass is 32.1. The van der Waals surface area contributed by atoms with Crippen LogP contribution in [0.5, 0.6) is 0 Å². The van der Waals surface area contributed by atoms with Crippen LogP contribution in [0.2, 0.25) is 0 Å². The van der Waals surface area contributed by atoms with Crippen molar-refractivity contribution in [2.45, 2.75) is 52.0 Å². The first-order valence-electron chi connectivity index (χ1n) is 11.7. The second-order valence-electron chi connectivity index (χ2n) is 9.94. The Morgan fingerprint density at radius 2 is 1.71 bits per heavy atom. The van der Waals surface area contributed by atoms with Gasteiger partial charge in [-0.05, 0) is 74.1 Å². The summed E-state index contributed by atoms with van der Waals surface area (Å²) in [6.45, 7) is 4.04. The van der Waals surface area contributed by atoms with Crippen molar-refractivity contribution in [3.05, 3.63) is 80.8 Å². The zero-order valence-corrected chi connectivity index (χ0v) is 20.2. The lowest BCUT2D eigenvalue weighted by Gasteiger charge is -2.56. The number of benzene rings is 2. The summed E-state index contributed by atoms with van der Waals surface area (Å²) in [6.07, 6.45) is 3.86. The smallest absolute Gasteiger partial charge is 0.306 e. The summed E-state index contributed by atoms with van der Waals surface area (Å²) < 4.78 is 14.1. The fourth-order valence-corrected chi connectivity index (χ4v) is 6.86. The minimum atomic E-state index is -0.700. The third kappa shape index (κ3) is 4.16. The Hall–Kier alpha value is -2.99. The molecule has 34 heavy (non-hydrogen) atoms. The van der Waals surface area contributed by atoms with Crippen LogP contribution < -0.4 is 5.32 Å². The van der Waals surface area contributed by atoms with Crippen LogP contribution in [0.1, 0.15) is 56.9 Å². The number of hydrogen-bond donors (Lipinski definition) is 2. The predicted molar refractivity (Wildman–Crippen MR) is 132 cm³/mol. The summed E-state index contributed by atoms with van der Waals surface area (Å²) in [6, 6.07) is 14.7. The maximum Gasteiger partial charge on any atom is 0.306 e. The van der Waals surface area contributed by atoms with Gasteiger partial charge < -0.3 is 10.4 Å². The van der Waals surface area contributed by atoms with Crippen LogP contribution in [0, 0.1) is 31.0 Å². The number of hydrogen-bond acceptors (Lipinski definition) is 3. The molecule has 5 rings (SSSR count). The largest absolute Gasteiger partial charge is 0.481 e. The number of aliphatic carboxylic acids is 1. The molecule has 0 unspecified atom stereocenters. The van der Waals surface area contributed by atoms with E-state index in [1.165, 1.54) is 6.07 Å². The zero-order valence-electron chi connectivity index (χ0n) is 19.4. The zero-order chi connectivity index (χ0) is 24.0. The molecule has 1 spiro atoms. The van der Waals surface area contributed by atoms with E-state index >= 15 is 0 Å². The minimum Gasteiger partial charge on any atom is -0.481 e. The fourth-order valence-electron chi connectivity index (χ4n) is 5.78. The first-order chi connectivity index (χ1) is 16.2. The van der Waals surface area contributed by atoms with Crippen LogP contribution in [-0.2, 0) is 11.2 Å². The number of aryl methyl sites for hydroxylation is 2. The van der Waals surface area contributed by atoms with Gasteiger partial charge >= 0.3 is 5.97 Å². The van der Waals surface area contributed by atoms with Crippen LogP contribution in [0.25, 0.3) is 11.1 Å². The topological polar surface area (TPSA) is 66.4 Å². The Labute approximate surface area is 202 Å². The molecule has 4 nitrogen and oxygen atoms in total. The molecule has 2 aliphatic carbocycles. The number of carbonyl (C=O) groups excluding carboxylic acids is 1. The monoisotopic (exact) mass is 477 g/mol. The maximum atomic E-state index is 14.1. The van der Waals surface area contributed by atoms with Crippen molar-refractivity contribution in [2.75, 3.05) is 0 Å². The molecular weight excluding hydrogens is 449 g/mol.